The van der Waals surface area contributed by atoms with Gasteiger partial charge in [-0.25, -0.2) is 9.18 Å². The molecule has 12 heavy (non-hydrogen) atoms. The Bertz CT molecular complexity index is 145. The summed E-state index contributed by atoms with van der Waals surface area (Å²) in [4.78, 5) is 10.5. The van der Waals surface area contributed by atoms with Gasteiger partial charge >= 0.3 is 5.97 Å². The lowest BCUT2D eigenvalue weighted by Crippen LogP contribution is -2.10. The summed E-state index contributed by atoms with van der Waals surface area (Å²) in [5, 5.41) is 0. The lowest BCUT2D eigenvalue weighted by Gasteiger charge is -2.06. The largest absolute Gasteiger partial charge is 0.428 e. The van der Waals surface area contributed by atoms with Crippen molar-refractivity contribution in [3.8, 4) is 0 Å². The highest BCUT2D eigenvalue weighted by atomic mass is 19.1. The molecule has 0 aromatic carbocycles. The van der Waals surface area contributed by atoms with E-state index in [1.807, 2.05) is 6.92 Å². The Morgan fingerprint density at radius 1 is 1.67 bits per heavy atom. The van der Waals surface area contributed by atoms with Crippen LogP contribution < -0.4 is 0 Å². The zero-order valence-corrected chi connectivity index (χ0v) is 7.38. The summed E-state index contributed by atoms with van der Waals surface area (Å²) < 4.78 is 17.0. The molecule has 0 saturated heterocycles. The first-order valence-corrected chi connectivity index (χ1v) is 4.17. The number of carbonyl (C=O) groups excluding carboxylic acids is 1. The van der Waals surface area contributed by atoms with E-state index in [2.05, 4.69) is 11.3 Å². The number of hydrogen-bond acceptors (Lipinski definition) is 2. The van der Waals surface area contributed by atoms with Crippen molar-refractivity contribution >= 4 is 5.97 Å². The normalized spacial score (nSPS) is 12.2. The second-order valence-electron chi connectivity index (χ2n) is 2.55. The van der Waals surface area contributed by atoms with E-state index in [1.165, 1.54) is 0 Å². The highest BCUT2D eigenvalue weighted by Gasteiger charge is 2.08. The van der Waals surface area contributed by atoms with E-state index < -0.39 is 12.3 Å². The number of carbonyl (C=O) groups is 1. The Kier molecular flexibility index (Phi) is 6.34. The van der Waals surface area contributed by atoms with Gasteiger partial charge in [0.15, 0.2) is 0 Å². The summed E-state index contributed by atoms with van der Waals surface area (Å²) in [5.41, 5.74) is 0. The minimum atomic E-state index is -1.47. The van der Waals surface area contributed by atoms with Crippen molar-refractivity contribution in [2.45, 2.75) is 39.0 Å². The number of ether oxygens (including phenoxy) is 1. The average molecular weight is 174 g/mol. The van der Waals surface area contributed by atoms with Crippen LogP contribution in [0.15, 0.2) is 12.7 Å². The molecule has 0 rings (SSSR count). The van der Waals surface area contributed by atoms with Gasteiger partial charge in [0.05, 0.1) is 0 Å². The third-order valence-corrected chi connectivity index (χ3v) is 1.45. The van der Waals surface area contributed by atoms with Crippen molar-refractivity contribution < 1.29 is 13.9 Å². The molecule has 70 valence electrons. The Balaban J connectivity index is 3.38. The molecular weight excluding hydrogens is 159 g/mol. The van der Waals surface area contributed by atoms with Gasteiger partial charge in [0, 0.05) is 12.5 Å². The van der Waals surface area contributed by atoms with Gasteiger partial charge in [-0.1, -0.05) is 26.3 Å². The minimum absolute atomic E-state index is 0.285. The van der Waals surface area contributed by atoms with Crippen LogP contribution >= 0.6 is 0 Å². The van der Waals surface area contributed by atoms with Crippen molar-refractivity contribution in [1.82, 2.24) is 0 Å². The maximum absolute atomic E-state index is 12.7. The smallest absolute Gasteiger partial charge is 0.332 e. The van der Waals surface area contributed by atoms with Gasteiger partial charge in [0.1, 0.15) is 0 Å². The summed E-state index contributed by atoms with van der Waals surface area (Å²) >= 11 is 0. The van der Waals surface area contributed by atoms with Gasteiger partial charge in [-0.05, 0) is 6.42 Å². The molecule has 0 aliphatic heterocycles. The highest BCUT2D eigenvalue weighted by Crippen LogP contribution is 2.07. The van der Waals surface area contributed by atoms with Crippen molar-refractivity contribution in [1.29, 1.82) is 0 Å². The summed E-state index contributed by atoms with van der Waals surface area (Å²) in [5.74, 6) is -0.695. The summed E-state index contributed by atoms with van der Waals surface area (Å²) in [6, 6.07) is 0. The number of unbranched alkanes of at least 4 members (excludes halogenated alkanes) is 2. The number of halogens is 1. The monoisotopic (exact) mass is 174 g/mol. The van der Waals surface area contributed by atoms with Crippen molar-refractivity contribution in [2.24, 2.45) is 0 Å². The maximum atomic E-state index is 12.7. The van der Waals surface area contributed by atoms with E-state index >= 15 is 0 Å². The number of esters is 1. The molecule has 2 nitrogen and oxygen atoms in total. The summed E-state index contributed by atoms with van der Waals surface area (Å²) in [7, 11) is 0. The molecule has 0 N–H and O–H groups in total. The molecule has 3 heteroatoms. The van der Waals surface area contributed by atoms with Crippen LogP contribution in [0.4, 0.5) is 4.39 Å². The van der Waals surface area contributed by atoms with Crippen LogP contribution in [0.3, 0.4) is 0 Å². The standard InChI is InChI=1S/C9H15FO2/c1-3-5-6-7-8(10)12-9(11)4-2/h4,8H,2-3,5-7H2,1H3. The third kappa shape index (κ3) is 5.89. The molecule has 1 unspecified atom stereocenters. The first kappa shape index (κ1) is 11.1. The van der Waals surface area contributed by atoms with Gasteiger partial charge in [-0.3, -0.25) is 0 Å². The van der Waals surface area contributed by atoms with E-state index in [9.17, 15) is 9.18 Å². The fourth-order valence-electron chi connectivity index (χ4n) is 0.788. The second kappa shape index (κ2) is 6.83. The predicted molar refractivity (Wildman–Crippen MR) is 45.3 cm³/mol. The molecule has 0 aliphatic carbocycles. The lowest BCUT2D eigenvalue weighted by atomic mass is 10.2. The van der Waals surface area contributed by atoms with Crippen LogP contribution in [0.2, 0.25) is 0 Å². The van der Waals surface area contributed by atoms with Crippen LogP contribution in [-0.4, -0.2) is 12.3 Å². The van der Waals surface area contributed by atoms with Gasteiger partial charge < -0.3 is 4.74 Å². The summed E-state index contributed by atoms with van der Waals surface area (Å²) in [6.07, 6.45) is 2.53. The van der Waals surface area contributed by atoms with Gasteiger partial charge in [-0.2, -0.15) is 0 Å². The number of alkyl halides is 1. The van der Waals surface area contributed by atoms with Crippen molar-refractivity contribution in [3.05, 3.63) is 12.7 Å². The third-order valence-electron chi connectivity index (χ3n) is 1.45. The van der Waals surface area contributed by atoms with E-state index in [4.69, 9.17) is 0 Å². The number of hydrogen-bond donors (Lipinski definition) is 0. The average Bonchev–Trinajstić information content (AvgIpc) is 2.05. The molecule has 0 aromatic rings. The topological polar surface area (TPSA) is 26.3 Å². The molecular formula is C9H15FO2. The van der Waals surface area contributed by atoms with E-state index in [1.54, 1.807) is 0 Å². The molecule has 0 amide bonds. The zero-order valence-electron chi connectivity index (χ0n) is 7.38. The zero-order chi connectivity index (χ0) is 9.40. The Morgan fingerprint density at radius 2 is 2.33 bits per heavy atom. The molecule has 1 atom stereocenters. The summed E-state index contributed by atoms with van der Waals surface area (Å²) in [6.45, 7) is 5.20. The molecule has 0 spiro atoms. The highest BCUT2D eigenvalue weighted by molar-refractivity contribution is 5.81. The van der Waals surface area contributed by atoms with Crippen molar-refractivity contribution in [2.75, 3.05) is 0 Å². The number of rotatable bonds is 6. The first-order valence-electron chi connectivity index (χ1n) is 4.17. The molecule has 0 aromatic heterocycles. The van der Waals surface area contributed by atoms with Crippen LogP contribution in [0.1, 0.15) is 32.6 Å². The van der Waals surface area contributed by atoms with E-state index in [0.717, 1.165) is 25.3 Å². The van der Waals surface area contributed by atoms with E-state index in [0.29, 0.717) is 0 Å². The molecule has 0 fully saturated rings. The van der Waals surface area contributed by atoms with Crippen LogP contribution in [0.25, 0.3) is 0 Å². The fraction of sp³-hybridized carbons (Fsp3) is 0.667. The molecule has 0 heterocycles. The second-order valence-corrected chi connectivity index (χ2v) is 2.55. The van der Waals surface area contributed by atoms with Gasteiger partial charge in [0.2, 0.25) is 6.36 Å². The van der Waals surface area contributed by atoms with Gasteiger partial charge in [0.25, 0.3) is 0 Å². The lowest BCUT2D eigenvalue weighted by molar-refractivity contribution is -0.152. The molecule has 0 bridgehead atoms. The SMILES string of the molecule is C=CC(=O)OC(F)CCCCC. The van der Waals surface area contributed by atoms with Crippen molar-refractivity contribution in [3.63, 3.8) is 0 Å². The van der Waals surface area contributed by atoms with Crippen LogP contribution in [-0.2, 0) is 9.53 Å². The Hall–Kier alpha value is -0.860. The Labute approximate surface area is 72.4 Å². The fourth-order valence-corrected chi connectivity index (χ4v) is 0.788. The van der Waals surface area contributed by atoms with Gasteiger partial charge in [-0.15, -0.1) is 0 Å². The minimum Gasteiger partial charge on any atom is -0.428 e. The quantitative estimate of drug-likeness (QED) is 0.351. The first-order chi connectivity index (χ1) is 5.70. The molecule has 0 radical (unpaired) electrons. The molecule has 0 aliphatic rings. The molecule has 0 saturated carbocycles. The predicted octanol–water partition coefficient (Wildman–Crippen LogP) is 2.59. The van der Waals surface area contributed by atoms with E-state index in [-0.39, 0.29) is 6.42 Å². The van der Waals surface area contributed by atoms with Crippen LogP contribution in [0.5, 0.6) is 0 Å². The maximum Gasteiger partial charge on any atom is 0.332 e. The van der Waals surface area contributed by atoms with Crippen LogP contribution in [0, 0.1) is 0 Å². The Morgan fingerprint density at radius 3 is 2.83 bits per heavy atom.